The van der Waals surface area contributed by atoms with Gasteiger partial charge in [0, 0.05) is 37.0 Å². The first-order valence-electron chi connectivity index (χ1n) is 12.8. The van der Waals surface area contributed by atoms with Crippen LogP contribution in [0.25, 0.3) is 22.3 Å². The van der Waals surface area contributed by atoms with Crippen LogP contribution in [-0.2, 0) is 16.0 Å². The van der Waals surface area contributed by atoms with Crippen LogP contribution in [0, 0.1) is 5.82 Å². The Kier molecular flexibility index (Phi) is 12.3. The first kappa shape index (κ1) is 33.4. The van der Waals surface area contributed by atoms with Gasteiger partial charge in [0.1, 0.15) is 11.5 Å². The molecule has 0 fully saturated rings. The van der Waals surface area contributed by atoms with Crippen LogP contribution >= 0.6 is 0 Å². The molecule has 0 bridgehead atoms. The molecule has 0 radical (unpaired) electrons. The zero-order valence-corrected chi connectivity index (χ0v) is 22.6. The Balaban J connectivity index is 0.00000560. The van der Waals surface area contributed by atoms with Gasteiger partial charge in [0.25, 0.3) is 11.7 Å². The molecule has 8 nitrogen and oxygen atoms in total. The SMILES string of the molecule is CC(C)n1c(CC[C@@H](O)C[C@@H](O)CC(=O)O)c(-c2ccc(F)cc2)c(-c2ccccc2)c1C(=O)C(=O)N(C)C.[NaH]. The molecule has 1 aromatic heterocycles. The quantitative estimate of drug-likeness (QED) is 0.176. The maximum atomic E-state index is 13.9. The summed E-state index contributed by atoms with van der Waals surface area (Å²) in [5.41, 5.74) is 3.37. The molecule has 0 unspecified atom stereocenters. The molecule has 2 atom stereocenters. The van der Waals surface area contributed by atoms with Crippen molar-refractivity contribution < 1.29 is 34.1 Å². The van der Waals surface area contributed by atoms with E-state index < -0.39 is 42.1 Å². The fourth-order valence-corrected chi connectivity index (χ4v) is 4.81. The van der Waals surface area contributed by atoms with Crippen molar-refractivity contribution in [2.75, 3.05) is 14.1 Å². The number of ketones is 1. The number of carboxylic acids is 1. The molecule has 0 saturated carbocycles. The Bertz CT molecular complexity index is 1320. The number of carbonyl (C=O) groups is 3. The summed E-state index contributed by atoms with van der Waals surface area (Å²) in [5, 5.41) is 29.6. The standard InChI is InChI=1S/C30H35FN2O6.Na.H/c1-18(2)33-24(15-14-22(34)16-23(35)17-25(36)37)26(20-10-12-21(31)13-11-20)27(19-8-6-5-7-9-19)28(33)29(38)30(39)32(3)4;;/h5-13,18,22-23,34-35H,14-17H2,1-4H3,(H,36,37);;/t22-,23-;;/m1../s1. The Morgan fingerprint density at radius 3 is 2.00 bits per heavy atom. The summed E-state index contributed by atoms with van der Waals surface area (Å²) in [6.45, 7) is 3.77. The number of rotatable bonds is 12. The molecule has 3 aromatic rings. The van der Waals surface area contributed by atoms with E-state index in [1.807, 2.05) is 44.2 Å². The summed E-state index contributed by atoms with van der Waals surface area (Å²) < 4.78 is 15.7. The predicted molar refractivity (Wildman–Crippen MR) is 153 cm³/mol. The number of halogens is 1. The summed E-state index contributed by atoms with van der Waals surface area (Å²) in [5.74, 6) is -2.98. The van der Waals surface area contributed by atoms with E-state index in [4.69, 9.17) is 5.11 Å². The Morgan fingerprint density at radius 2 is 1.48 bits per heavy atom. The first-order valence-corrected chi connectivity index (χ1v) is 12.8. The van der Waals surface area contributed by atoms with Crippen molar-refractivity contribution in [1.82, 2.24) is 9.47 Å². The van der Waals surface area contributed by atoms with E-state index in [1.54, 1.807) is 16.7 Å². The second kappa shape index (κ2) is 14.7. The topological polar surface area (TPSA) is 120 Å². The van der Waals surface area contributed by atoms with Gasteiger partial charge in [-0.05, 0) is 56.4 Å². The van der Waals surface area contributed by atoms with Gasteiger partial charge in [0.2, 0.25) is 0 Å². The molecule has 0 aliphatic rings. The van der Waals surface area contributed by atoms with Crippen molar-refractivity contribution in [2.45, 2.75) is 57.8 Å². The van der Waals surface area contributed by atoms with Crippen LogP contribution in [-0.4, -0.2) is 98.3 Å². The van der Waals surface area contributed by atoms with Crippen molar-refractivity contribution in [3.63, 3.8) is 0 Å². The van der Waals surface area contributed by atoms with Gasteiger partial charge in [-0.15, -0.1) is 0 Å². The second-order valence-electron chi connectivity index (χ2n) is 10.1. The second-order valence-corrected chi connectivity index (χ2v) is 10.1. The number of aromatic nitrogens is 1. The van der Waals surface area contributed by atoms with Crippen LogP contribution in [0.3, 0.4) is 0 Å². The van der Waals surface area contributed by atoms with E-state index in [-0.39, 0.29) is 60.6 Å². The Morgan fingerprint density at radius 1 is 0.900 bits per heavy atom. The zero-order valence-electron chi connectivity index (χ0n) is 22.6. The average molecular weight is 563 g/mol. The van der Waals surface area contributed by atoms with Crippen molar-refractivity contribution in [2.24, 2.45) is 0 Å². The van der Waals surface area contributed by atoms with E-state index in [1.165, 1.54) is 31.1 Å². The maximum absolute atomic E-state index is 13.9. The summed E-state index contributed by atoms with van der Waals surface area (Å²) in [4.78, 5) is 38.9. The molecule has 0 aliphatic carbocycles. The molecule has 2 aromatic carbocycles. The number of carbonyl (C=O) groups excluding carboxylic acids is 2. The number of hydrogen-bond acceptors (Lipinski definition) is 5. The number of aliphatic carboxylic acids is 1. The summed E-state index contributed by atoms with van der Waals surface area (Å²) in [7, 11) is 3.01. The van der Waals surface area contributed by atoms with Crippen molar-refractivity contribution >= 4 is 47.2 Å². The first-order chi connectivity index (χ1) is 18.4. The van der Waals surface area contributed by atoms with Crippen LogP contribution in [0.1, 0.15) is 55.3 Å². The van der Waals surface area contributed by atoms with Crippen molar-refractivity contribution in [3.8, 4) is 22.3 Å². The van der Waals surface area contributed by atoms with E-state index in [0.29, 0.717) is 27.9 Å². The number of benzene rings is 2. The number of Topliss-reactive ketones (excluding diaryl/α,β-unsaturated/α-hetero) is 1. The number of aliphatic hydroxyl groups is 2. The molecule has 10 heteroatoms. The van der Waals surface area contributed by atoms with Gasteiger partial charge in [-0.1, -0.05) is 42.5 Å². The van der Waals surface area contributed by atoms with E-state index >= 15 is 0 Å². The summed E-state index contributed by atoms with van der Waals surface area (Å²) >= 11 is 0. The van der Waals surface area contributed by atoms with Gasteiger partial charge < -0.3 is 24.8 Å². The molecule has 1 heterocycles. The molecule has 0 spiro atoms. The van der Waals surface area contributed by atoms with Gasteiger partial charge in [-0.2, -0.15) is 0 Å². The molecule has 40 heavy (non-hydrogen) atoms. The van der Waals surface area contributed by atoms with E-state index in [2.05, 4.69) is 0 Å². The molecule has 3 N–H and O–H groups in total. The number of likely N-dealkylation sites (N-methyl/N-ethyl adjacent to an activating group) is 1. The zero-order chi connectivity index (χ0) is 28.9. The third-order valence-corrected chi connectivity index (χ3v) is 6.50. The number of nitrogens with zero attached hydrogens (tertiary/aromatic N) is 2. The minimum absolute atomic E-state index is 0. The third kappa shape index (κ3) is 7.89. The Labute approximate surface area is 255 Å². The van der Waals surface area contributed by atoms with Crippen LogP contribution in [0.5, 0.6) is 0 Å². The van der Waals surface area contributed by atoms with Crippen LogP contribution in [0.2, 0.25) is 0 Å². The molecule has 210 valence electrons. The van der Waals surface area contributed by atoms with Crippen LogP contribution < -0.4 is 0 Å². The van der Waals surface area contributed by atoms with E-state index in [0.717, 1.165) is 0 Å². The van der Waals surface area contributed by atoms with Gasteiger partial charge in [-0.3, -0.25) is 14.4 Å². The number of carboxylic acid groups (broad SMARTS) is 1. The van der Waals surface area contributed by atoms with E-state index in [9.17, 15) is 29.0 Å². The van der Waals surface area contributed by atoms with Crippen molar-refractivity contribution in [3.05, 3.63) is 71.8 Å². The van der Waals surface area contributed by atoms with Gasteiger partial charge in [-0.25, -0.2) is 4.39 Å². The Hall–Kier alpha value is -2.82. The van der Waals surface area contributed by atoms with Gasteiger partial charge in [0.15, 0.2) is 0 Å². The molecule has 3 rings (SSSR count). The average Bonchev–Trinajstić information content (AvgIpc) is 3.22. The van der Waals surface area contributed by atoms with Crippen LogP contribution in [0.4, 0.5) is 4.39 Å². The summed E-state index contributed by atoms with van der Waals surface area (Å²) in [6, 6.07) is 14.8. The van der Waals surface area contributed by atoms with Crippen molar-refractivity contribution in [1.29, 1.82) is 0 Å². The minimum atomic E-state index is -1.21. The molecule has 0 aliphatic heterocycles. The van der Waals surface area contributed by atoms with Crippen LogP contribution in [0.15, 0.2) is 54.6 Å². The molecular formula is C30H36FN2NaO6. The molecular weight excluding hydrogens is 526 g/mol. The van der Waals surface area contributed by atoms with Gasteiger partial charge >= 0.3 is 35.5 Å². The normalized spacial score (nSPS) is 12.5. The fraction of sp³-hybridized carbons (Fsp3) is 0.367. The predicted octanol–water partition coefficient (Wildman–Crippen LogP) is 3.68. The fourth-order valence-electron chi connectivity index (χ4n) is 4.81. The monoisotopic (exact) mass is 562 g/mol. The third-order valence-electron chi connectivity index (χ3n) is 6.50. The van der Waals surface area contributed by atoms with Gasteiger partial charge in [0.05, 0.1) is 18.6 Å². The molecule has 0 saturated heterocycles. The molecule has 1 amide bonds. The number of aliphatic hydroxyl groups excluding tert-OH is 2. The number of amides is 1. The number of hydrogen-bond donors (Lipinski definition) is 3. The summed E-state index contributed by atoms with van der Waals surface area (Å²) in [6.07, 6.45) is -2.43.